The molecule has 0 radical (unpaired) electrons. The molecule has 3 aromatic carbocycles. The van der Waals surface area contributed by atoms with E-state index in [4.69, 9.17) is 18.9 Å². The van der Waals surface area contributed by atoms with E-state index in [0.717, 1.165) is 16.9 Å². The van der Waals surface area contributed by atoms with Crippen LogP contribution in [0.25, 0.3) is 6.08 Å². The lowest BCUT2D eigenvalue weighted by atomic mass is 10.1. The maximum atomic E-state index is 13.4. The van der Waals surface area contributed by atoms with Gasteiger partial charge in [-0.1, -0.05) is 30.7 Å². The first-order chi connectivity index (χ1) is 20.7. The van der Waals surface area contributed by atoms with Gasteiger partial charge in [0.1, 0.15) is 5.57 Å². The predicted octanol–water partition coefficient (Wildman–Crippen LogP) is 4.88. The van der Waals surface area contributed by atoms with Gasteiger partial charge < -0.3 is 24.3 Å². The number of urea groups is 1. The maximum absolute atomic E-state index is 13.4. The zero-order valence-electron chi connectivity index (χ0n) is 24.4. The maximum Gasteiger partial charge on any atom is 0.335 e. The summed E-state index contributed by atoms with van der Waals surface area (Å²) in [6.45, 7) is 6.27. The Bertz CT molecular complexity index is 1550. The Labute approximate surface area is 249 Å². The lowest BCUT2D eigenvalue weighted by Gasteiger charge is -2.27. The van der Waals surface area contributed by atoms with Crippen LogP contribution < -0.4 is 34.5 Å². The number of aryl methyl sites for hydroxylation is 1. The fourth-order valence-electron chi connectivity index (χ4n) is 4.16. The third kappa shape index (κ3) is 7.50. The molecule has 3 aromatic rings. The minimum atomic E-state index is -0.887. The minimum Gasteiger partial charge on any atom is -0.493 e. The van der Waals surface area contributed by atoms with Crippen LogP contribution in [0, 0.1) is 6.92 Å². The molecule has 1 aliphatic rings. The fraction of sp³-hybridized carbons (Fsp3) is 0.250. The zero-order chi connectivity index (χ0) is 30.9. The molecule has 1 heterocycles. The summed E-state index contributed by atoms with van der Waals surface area (Å²) in [6.07, 6.45) is 2.13. The van der Waals surface area contributed by atoms with Crippen molar-refractivity contribution in [3.8, 4) is 23.0 Å². The van der Waals surface area contributed by atoms with Crippen LogP contribution in [0.1, 0.15) is 31.4 Å². The van der Waals surface area contributed by atoms with E-state index in [0.29, 0.717) is 36.0 Å². The summed E-state index contributed by atoms with van der Waals surface area (Å²) < 4.78 is 22.4. The van der Waals surface area contributed by atoms with Crippen molar-refractivity contribution >= 4 is 41.2 Å². The summed E-state index contributed by atoms with van der Waals surface area (Å²) >= 11 is 0. The van der Waals surface area contributed by atoms with Gasteiger partial charge in [-0.3, -0.25) is 19.7 Å². The molecule has 224 valence electrons. The molecule has 1 fully saturated rings. The van der Waals surface area contributed by atoms with E-state index in [2.05, 4.69) is 10.6 Å². The van der Waals surface area contributed by atoms with Crippen LogP contribution in [0.2, 0.25) is 0 Å². The summed E-state index contributed by atoms with van der Waals surface area (Å²) in [5, 5.41) is 4.96. The Morgan fingerprint density at radius 1 is 0.884 bits per heavy atom. The monoisotopic (exact) mass is 587 g/mol. The van der Waals surface area contributed by atoms with Gasteiger partial charge in [0.25, 0.3) is 17.7 Å². The van der Waals surface area contributed by atoms with Gasteiger partial charge in [-0.25, -0.2) is 9.69 Å². The first kappa shape index (κ1) is 30.6. The van der Waals surface area contributed by atoms with Gasteiger partial charge in [0.05, 0.1) is 26.0 Å². The van der Waals surface area contributed by atoms with Crippen molar-refractivity contribution in [3.63, 3.8) is 0 Å². The van der Waals surface area contributed by atoms with Gasteiger partial charge >= 0.3 is 6.03 Å². The first-order valence-corrected chi connectivity index (χ1v) is 13.7. The number of hydrogen-bond acceptors (Lipinski definition) is 8. The Hall–Kier alpha value is -5.32. The Kier molecular flexibility index (Phi) is 10.00. The molecule has 2 N–H and O–H groups in total. The predicted molar refractivity (Wildman–Crippen MR) is 161 cm³/mol. The number of amides is 5. The number of nitrogens with one attached hydrogen (secondary N) is 2. The molecule has 43 heavy (non-hydrogen) atoms. The standard InChI is InChI=1S/C32H33N3O8/c1-5-15-42-26-14-12-23(18-28(26)41-6-2)35-31(38)24(30(37)34-32(35)39)16-21-9-13-25(27(17-21)40-4)43-19-29(36)33-22-10-7-20(3)8-11-22/h7-14,16-18H,5-6,15,19H2,1-4H3,(H,33,36)(H,34,37,39)/b24-16+. The van der Waals surface area contributed by atoms with Crippen molar-refractivity contribution in [3.05, 3.63) is 77.4 Å². The zero-order valence-corrected chi connectivity index (χ0v) is 24.4. The lowest BCUT2D eigenvalue weighted by molar-refractivity contribution is -0.122. The average Bonchev–Trinajstić information content (AvgIpc) is 2.99. The van der Waals surface area contributed by atoms with Crippen LogP contribution in [0.5, 0.6) is 23.0 Å². The number of ether oxygens (including phenoxy) is 4. The molecule has 1 saturated heterocycles. The number of benzene rings is 3. The fourth-order valence-corrected chi connectivity index (χ4v) is 4.16. The van der Waals surface area contributed by atoms with Crippen molar-refractivity contribution in [2.24, 2.45) is 0 Å². The molecular weight excluding hydrogens is 554 g/mol. The number of carbonyl (C=O) groups excluding carboxylic acids is 4. The van der Waals surface area contributed by atoms with Gasteiger partial charge in [-0.05, 0) is 68.3 Å². The van der Waals surface area contributed by atoms with Gasteiger partial charge in [-0.2, -0.15) is 0 Å². The van der Waals surface area contributed by atoms with Crippen LogP contribution in [0.15, 0.2) is 66.2 Å². The topological polar surface area (TPSA) is 132 Å². The highest BCUT2D eigenvalue weighted by Crippen LogP contribution is 2.34. The molecule has 0 aliphatic carbocycles. The number of carbonyl (C=O) groups is 4. The van der Waals surface area contributed by atoms with E-state index >= 15 is 0 Å². The Balaban J connectivity index is 1.53. The molecule has 0 saturated carbocycles. The number of anilines is 2. The van der Waals surface area contributed by atoms with Crippen molar-refractivity contribution in [1.82, 2.24) is 5.32 Å². The second-order valence-corrected chi connectivity index (χ2v) is 9.48. The number of barbiturate groups is 1. The molecule has 0 unspecified atom stereocenters. The third-order valence-corrected chi connectivity index (χ3v) is 6.24. The summed E-state index contributed by atoms with van der Waals surface area (Å²) in [7, 11) is 1.42. The summed E-state index contributed by atoms with van der Waals surface area (Å²) in [5.41, 5.74) is 2.09. The van der Waals surface area contributed by atoms with E-state index in [9.17, 15) is 19.2 Å². The molecular formula is C32H33N3O8. The van der Waals surface area contributed by atoms with Crippen molar-refractivity contribution in [1.29, 1.82) is 0 Å². The van der Waals surface area contributed by atoms with Crippen molar-refractivity contribution in [2.45, 2.75) is 27.2 Å². The van der Waals surface area contributed by atoms with Gasteiger partial charge in [0.2, 0.25) is 0 Å². The van der Waals surface area contributed by atoms with Crippen molar-refractivity contribution in [2.75, 3.05) is 37.1 Å². The van der Waals surface area contributed by atoms with E-state index in [-0.39, 0.29) is 35.3 Å². The van der Waals surface area contributed by atoms with Crippen LogP contribution >= 0.6 is 0 Å². The lowest BCUT2D eigenvalue weighted by Crippen LogP contribution is -2.54. The van der Waals surface area contributed by atoms with E-state index in [1.54, 1.807) is 49.4 Å². The van der Waals surface area contributed by atoms with Gasteiger partial charge in [0, 0.05) is 11.8 Å². The summed E-state index contributed by atoms with van der Waals surface area (Å²) in [6, 6.07) is 15.8. The largest absolute Gasteiger partial charge is 0.493 e. The normalized spacial score (nSPS) is 13.9. The Morgan fingerprint density at radius 3 is 2.30 bits per heavy atom. The smallest absolute Gasteiger partial charge is 0.335 e. The second kappa shape index (κ2) is 14.0. The minimum absolute atomic E-state index is 0.207. The number of hydrogen-bond donors (Lipinski definition) is 2. The quantitative estimate of drug-likeness (QED) is 0.227. The molecule has 0 bridgehead atoms. The van der Waals surface area contributed by atoms with E-state index < -0.39 is 17.8 Å². The molecule has 11 nitrogen and oxygen atoms in total. The number of methoxy groups -OCH3 is 1. The number of rotatable bonds is 12. The van der Waals surface area contributed by atoms with Crippen LogP contribution in [0.3, 0.4) is 0 Å². The molecule has 1 aliphatic heterocycles. The SMILES string of the molecule is CCCOc1ccc(N2C(=O)NC(=O)/C(=C\c3ccc(OCC(=O)Nc4ccc(C)cc4)c(OC)c3)C2=O)cc1OCC. The second-order valence-electron chi connectivity index (χ2n) is 9.48. The molecule has 0 aromatic heterocycles. The first-order valence-electron chi connectivity index (χ1n) is 13.7. The highest BCUT2D eigenvalue weighted by atomic mass is 16.5. The number of nitrogens with zero attached hydrogens (tertiary/aromatic N) is 1. The van der Waals surface area contributed by atoms with Crippen LogP contribution in [-0.4, -0.2) is 50.7 Å². The van der Waals surface area contributed by atoms with Gasteiger partial charge in [-0.15, -0.1) is 0 Å². The molecule has 0 atom stereocenters. The molecule has 0 spiro atoms. The van der Waals surface area contributed by atoms with Gasteiger partial charge in [0.15, 0.2) is 29.6 Å². The molecule has 4 rings (SSSR count). The Morgan fingerprint density at radius 2 is 1.60 bits per heavy atom. The average molecular weight is 588 g/mol. The highest BCUT2D eigenvalue weighted by molar-refractivity contribution is 6.39. The highest BCUT2D eigenvalue weighted by Gasteiger charge is 2.37. The third-order valence-electron chi connectivity index (χ3n) is 6.24. The summed E-state index contributed by atoms with van der Waals surface area (Å²) in [4.78, 5) is 52.1. The van der Waals surface area contributed by atoms with Crippen molar-refractivity contribution < 1.29 is 38.1 Å². The summed E-state index contributed by atoms with van der Waals surface area (Å²) in [5.74, 6) is -0.608. The molecule has 11 heteroatoms. The van der Waals surface area contributed by atoms with E-state index in [1.165, 1.54) is 19.3 Å². The van der Waals surface area contributed by atoms with E-state index in [1.807, 2.05) is 26.0 Å². The van der Waals surface area contributed by atoms with Crippen LogP contribution in [-0.2, 0) is 14.4 Å². The number of imide groups is 2. The van der Waals surface area contributed by atoms with Crippen LogP contribution in [0.4, 0.5) is 16.2 Å². The molecule has 5 amide bonds.